The van der Waals surface area contributed by atoms with Crippen molar-refractivity contribution in [3.05, 3.63) is 35.5 Å². The molecule has 2 atom stereocenters. The molecule has 0 amide bonds. The molecular formula is C16H19ClN2O2S. The molecule has 1 aliphatic carbocycles. The Morgan fingerprint density at radius 3 is 2.86 bits per heavy atom. The summed E-state index contributed by atoms with van der Waals surface area (Å²) in [4.78, 5) is 4.33. The molecule has 1 aromatic heterocycles. The topological polar surface area (TPSA) is 59.1 Å². The van der Waals surface area contributed by atoms with Crippen molar-refractivity contribution in [3.8, 4) is 0 Å². The highest BCUT2D eigenvalue weighted by Crippen LogP contribution is 2.29. The molecule has 1 heterocycles. The summed E-state index contributed by atoms with van der Waals surface area (Å²) in [6.07, 6.45) is 6.44. The highest BCUT2D eigenvalue weighted by atomic mass is 35.5. The van der Waals surface area contributed by atoms with Gasteiger partial charge in [-0.25, -0.2) is 8.42 Å². The Morgan fingerprint density at radius 1 is 1.27 bits per heavy atom. The van der Waals surface area contributed by atoms with E-state index in [1.807, 2.05) is 24.3 Å². The van der Waals surface area contributed by atoms with Crippen LogP contribution in [0.25, 0.3) is 10.9 Å². The van der Waals surface area contributed by atoms with Gasteiger partial charge in [-0.05, 0) is 43.5 Å². The van der Waals surface area contributed by atoms with Crippen molar-refractivity contribution in [1.82, 2.24) is 4.98 Å². The van der Waals surface area contributed by atoms with E-state index < -0.39 is 9.84 Å². The van der Waals surface area contributed by atoms with Gasteiger partial charge in [-0.1, -0.05) is 18.0 Å². The fraction of sp³-hybridized carbons (Fsp3) is 0.438. The molecule has 6 heteroatoms. The molecule has 1 aromatic carbocycles. The number of fused-ring (bicyclic) bond motifs is 1. The molecule has 0 bridgehead atoms. The van der Waals surface area contributed by atoms with Crippen LogP contribution in [0.5, 0.6) is 0 Å². The van der Waals surface area contributed by atoms with Crippen LogP contribution < -0.4 is 5.32 Å². The van der Waals surface area contributed by atoms with Crippen molar-refractivity contribution in [2.75, 3.05) is 11.6 Å². The van der Waals surface area contributed by atoms with Gasteiger partial charge in [0.2, 0.25) is 0 Å². The Bertz CT molecular complexity index is 792. The molecule has 3 rings (SSSR count). The fourth-order valence-electron chi connectivity index (χ4n) is 3.13. The molecule has 0 spiro atoms. The highest BCUT2D eigenvalue weighted by molar-refractivity contribution is 7.91. The minimum atomic E-state index is -2.97. The first-order chi connectivity index (χ1) is 10.4. The van der Waals surface area contributed by atoms with Crippen LogP contribution in [0.4, 0.5) is 5.69 Å². The lowest BCUT2D eigenvalue weighted by molar-refractivity contribution is 0.453. The monoisotopic (exact) mass is 338 g/mol. The highest BCUT2D eigenvalue weighted by Gasteiger charge is 2.28. The summed E-state index contributed by atoms with van der Waals surface area (Å²) in [5.41, 5.74) is 1.83. The Hall–Kier alpha value is -1.33. The van der Waals surface area contributed by atoms with E-state index in [1.54, 1.807) is 6.20 Å². The summed E-state index contributed by atoms with van der Waals surface area (Å²) in [6, 6.07) is 7.73. The number of nitrogens with one attached hydrogen (secondary N) is 1. The number of rotatable bonds is 3. The van der Waals surface area contributed by atoms with Crippen LogP contribution in [0.3, 0.4) is 0 Å². The van der Waals surface area contributed by atoms with Crippen molar-refractivity contribution in [2.45, 2.75) is 37.0 Å². The first-order valence-electron chi connectivity index (χ1n) is 7.43. The van der Waals surface area contributed by atoms with Crippen LogP contribution in [-0.4, -0.2) is 30.9 Å². The van der Waals surface area contributed by atoms with Crippen molar-refractivity contribution in [2.24, 2.45) is 0 Å². The first kappa shape index (κ1) is 15.6. The predicted octanol–water partition coefficient (Wildman–Crippen LogP) is 3.66. The molecule has 4 nitrogen and oxygen atoms in total. The van der Waals surface area contributed by atoms with E-state index in [0.717, 1.165) is 35.9 Å². The van der Waals surface area contributed by atoms with Gasteiger partial charge in [-0.3, -0.25) is 4.98 Å². The smallest absolute Gasteiger partial charge is 0.150 e. The maximum absolute atomic E-state index is 11.8. The lowest BCUT2D eigenvalue weighted by Crippen LogP contribution is -2.34. The molecule has 0 aliphatic heterocycles. The number of benzene rings is 1. The Balaban J connectivity index is 1.84. The maximum atomic E-state index is 11.8. The zero-order chi connectivity index (χ0) is 15.7. The molecule has 118 valence electrons. The van der Waals surface area contributed by atoms with Gasteiger partial charge in [0.15, 0.2) is 0 Å². The van der Waals surface area contributed by atoms with Gasteiger partial charge >= 0.3 is 0 Å². The molecule has 1 saturated carbocycles. The molecule has 2 unspecified atom stereocenters. The zero-order valence-corrected chi connectivity index (χ0v) is 14.0. The molecule has 1 fully saturated rings. The van der Waals surface area contributed by atoms with E-state index in [0.29, 0.717) is 11.4 Å². The standard InChI is InChI=1S/C16H19ClN2O2S/c1-22(20,21)13-4-2-3-12(10-13)19-15-7-8-18-16-9-11(17)5-6-14(15)16/h5-9,12-13H,2-4,10H2,1H3,(H,18,19). The first-order valence-corrected chi connectivity index (χ1v) is 9.76. The molecule has 2 aromatic rings. The number of halogens is 1. The van der Waals surface area contributed by atoms with Crippen LogP contribution in [-0.2, 0) is 9.84 Å². The van der Waals surface area contributed by atoms with E-state index in [2.05, 4.69) is 10.3 Å². The van der Waals surface area contributed by atoms with Crippen molar-refractivity contribution in [3.63, 3.8) is 0 Å². The number of sulfone groups is 1. The molecule has 0 radical (unpaired) electrons. The lowest BCUT2D eigenvalue weighted by Gasteiger charge is -2.29. The number of pyridine rings is 1. The second kappa shape index (κ2) is 6.05. The third-order valence-electron chi connectivity index (χ3n) is 4.30. The van der Waals surface area contributed by atoms with Gasteiger partial charge in [-0.15, -0.1) is 0 Å². The third-order valence-corrected chi connectivity index (χ3v) is 6.17. The van der Waals surface area contributed by atoms with Gasteiger partial charge < -0.3 is 5.32 Å². The number of hydrogen-bond acceptors (Lipinski definition) is 4. The van der Waals surface area contributed by atoms with Gasteiger partial charge in [0.1, 0.15) is 9.84 Å². The molecule has 1 N–H and O–H groups in total. The summed E-state index contributed by atoms with van der Waals surface area (Å²) in [5, 5.41) is 4.93. The van der Waals surface area contributed by atoms with Crippen LogP contribution in [0, 0.1) is 0 Å². The Labute approximate surface area is 135 Å². The summed E-state index contributed by atoms with van der Waals surface area (Å²) >= 11 is 6.01. The molecular weight excluding hydrogens is 320 g/mol. The normalized spacial score (nSPS) is 22.6. The maximum Gasteiger partial charge on any atom is 0.150 e. The SMILES string of the molecule is CS(=O)(=O)C1CCCC(Nc2ccnc3cc(Cl)ccc23)C1. The Kier molecular flexibility index (Phi) is 4.28. The molecule has 22 heavy (non-hydrogen) atoms. The quantitative estimate of drug-likeness (QED) is 0.927. The van der Waals surface area contributed by atoms with Gasteiger partial charge in [0.25, 0.3) is 0 Å². The second-order valence-electron chi connectivity index (χ2n) is 5.98. The predicted molar refractivity (Wildman–Crippen MR) is 91.3 cm³/mol. The summed E-state index contributed by atoms with van der Waals surface area (Å²) in [7, 11) is -2.97. The van der Waals surface area contributed by atoms with Crippen molar-refractivity contribution < 1.29 is 8.42 Å². The minimum Gasteiger partial charge on any atom is -0.382 e. The fourth-order valence-corrected chi connectivity index (χ4v) is 4.48. The number of aromatic nitrogens is 1. The van der Waals surface area contributed by atoms with E-state index in [1.165, 1.54) is 6.26 Å². The Morgan fingerprint density at radius 2 is 2.09 bits per heavy atom. The van der Waals surface area contributed by atoms with Crippen LogP contribution >= 0.6 is 11.6 Å². The van der Waals surface area contributed by atoms with Crippen LogP contribution in [0.1, 0.15) is 25.7 Å². The second-order valence-corrected chi connectivity index (χ2v) is 8.74. The minimum absolute atomic E-state index is 0.176. The van der Waals surface area contributed by atoms with Gasteiger partial charge in [0, 0.05) is 34.6 Å². The van der Waals surface area contributed by atoms with Gasteiger partial charge in [0.05, 0.1) is 10.8 Å². The largest absolute Gasteiger partial charge is 0.382 e. The van der Waals surface area contributed by atoms with E-state index in [9.17, 15) is 8.42 Å². The van der Waals surface area contributed by atoms with E-state index in [-0.39, 0.29) is 11.3 Å². The molecule has 0 saturated heterocycles. The van der Waals surface area contributed by atoms with Crippen LogP contribution in [0.2, 0.25) is 5.02 Å². The number of nitrogens with zero attached hydrogens (tertiary/aromatic N) is 1. The van der Waals surface area contributed by atoms with Crippen LogP contribution in [0.15, 0.2) is 30.5 Å². The third kappa shape index (κ3) is 3.36. The average molecular weight is 339 g/mol. The van der Waals surface area contributed by atoms with Crippen molar-refractivity contribution in [1.29, 1.82) is 0 Å². The number of anilines is 1. The lowest BCUT2D eigenvalue weighted by atomic mass is 9.94. The van der Waals surface area contributed by atoms with Gasteiger partial charge in [-0.2, -0.15) is 0 Å². The summed E-state index contributed by atoms with van der Waals surface area (Å²) in [6.45, 7) is 0. The van der Waals surface area contributed by atoms with E-state index >= 15 is 0 Å². The number of hydrogen-bond donors (Lipinski definition) is 1. The molecule has 1 aliphatic rings. The summed E-state index contributed by atoms with van der Waals surface area (Å²) in [5.74, 6) is 0. The zero-order valence-electron chi connectivity index (χ0n) is 12.4. The van der Waals surface area contributed by atoms with E-state index in [4.69, 9.17) is 11.6 Å². The van der Waals surface area contributed by atoms with Crippen molar-refractivity contribution >= 4 is 38.0 Å². The average Bonchev–Trinajstić information content (AvgIpc) is 2.46. The summed E-state index contributed by atoms with van der Waals surface area (Å²) < 4.78 is 23.6.